The molecule has 1 aromatic heterocycles. The van der Waals surface area contributed by atoms with Gasteiger partial charge in [-0.15, -0.1) is 0 Å². The first-order valence-corrected chi connectivity index (χ1v) is 6.75. The number of rotatable bonds is 1. The van der Waals surface area contributed by atoms with E-state index in [1.54, 1.807) is 4.90 Å². The summed E-state index contributed by atoms with van der Waals surface area (Å²) in [5.41, 5.74) is 1.80. The highest BCUT2D eigenvalue weighted by Gasteiger charge is 2.43. The van der Waals surface area contributed by atoms with E-state index in [2.05, 4.69) is 4.98 Å². The van der Waals surface area contributed by atoms with Gasteiger partial charge < -0.3 is 9.64 Å². The number of nitrogens with zero attached hydrogens (tertiary/aromatic N) is 2. The fourth-order valence-corrected chi connectivity index (χ4v) is 2.55. The van der Waals surface area contributed by atoms with Crippen LogP contribution in [0.15, 0.2) is 30.3 Å². The highest BCUT2D eigenvalue weighted by Crippen LogP contribution is 2.29. The minimum absolute atomic E-state index is 0.0533. The van der Waals surface area contributed by atoms with Crippen LogP contribution in [0.3, 0.4) is 0 Å². The molecule has 3 rings (SSSR count). The van der Waals surface area contributed by atoms with Crippen LogP contribution in [0.5, 0.6) is 0 Å². The molecule has 112 valence electrons. The molecule has 21 heavy (non-hydrogen) atoms. The van der Waals surface area contributed by atoms with Gasteiger partial charge in [0.05, 0.1) is 18.7 Å². The highest BCUT2D eigenvalue weighted by molar-refractivity contribution is 5.83. The number of para-hydroxylation sites is 1. The van der Waals surface area contributed by atoms with Crippen LogP contribution in [0.25, 0.3) is 10.9 Å². The molecule has 2 aromatic rings. The van der Waals surface area contributed by atoms with Crippen LogP contribution in [-0.4, -0.2) is 37.0 Å². The number of morpholine rings is 1. The molecule has 1 aromatic carbocycles. The molecule has 3 nitrogen and oxygen atoms in total. The molecule has 0 saturated carbocycles. The molecular formula is C15H15F3N2O. The minimum Gasteiger partial charge on any atom is -0.365 e. The highest BCUT2D eigenvalue weighted by atomic mass is 19.4. The molecule has 6 heteroatoms. The number of ether oxygens (including phenoxy) is 1. The third-order valence-electron chi connectivity index (χ3n) is 3.67. The fourth-order valence-electron chi connectivity index (χ4n) is 2.55. The molecule has 0 unspecified atom stereocenters. The van der Waals surface area contributed by atoms with Gasteiger partial charge in [0, 0.05) is 11.9 Å². The van der Waals surface area contributed by atoms with E-state index in [-0.39, 0.29) is 13.2 Å². The second-order valence-electron chi connectivity index (χ2n) is 5.16. The predicted octanol–water partition coefficient (Wildman–Crippen LogP) is 3.31. The zero-order valence-electron chi connectivity index (χ0n) is 11.5. The maximum Gasteiger partial charge on any atom is 0.416 e. The SMILES string of the molecule is Cc1cc(N2CCO[C@H](C(F)(F)F)C2)nc2ccccc12. The Morgan fingerprint density at radius 2 is 2.05 bits per heavy atom. The van der Waals surface area contributed by atoms with Crippen molar-refractivity contribution in [1.29, 1.82) is 0 Å². The Bertz CT molecular complexity index is 657. The lowest BCUT2D eigenvalue weighted by Gasteiger charge is -2.34. The lowest BCUT2D eigenvalue weighted by molar-refractivity contribution is -0.221. The Labute approximate surface area is 120 Å². The lowest BCUT2D eigenvalue weighted by atomic mass is 10.1. The van der Waals surface area contributed by atoms with E-state index in [0.29, 0.717) is 12.4 Å². The second kappa shape index (κ2) is 5.18. The van der Waals surface area contributed by atoms with Crippen molar-refractivity contribution in [3.05, 3.63) is 35.9 Å². The van der Waals surface area contributed by atoms with E-state index in [9.17, 15) is 13.2 Å². The first-order valence-electron chi connectivity index (χ1n) is 6.75. The van der Waals surface area contributed by atoms with Crippen LogP contribution in [0.2, 0.25) is 0 Å². The van der Waals surface area contributed by atoms with Crippen molar-refractivity contribution < 1.29 is 17.9 Å². The number of aromatic nitrogens is 1. The van der Waals surface area contributed by atoms with Crippen molar-refractivity contribution in [2.75, 3.05) is 24.6 Å². The van der Waals surface area contributed by atoms with E-state index in [4.69, 9.17) is 4.74 Å². The first kappa shape index (κ1) is 14.1. The Morgan fingerprint density at radius 3 is 2.81 bits per heavy atom. The average Bonchev–Trinajstić information content (AvgIpc) is 2.46. The number of anilines is 1. The minimum atomic E-state index is -4.34. The molecule has 0 aliphatic carbocycles. The second-order valence-corrected chi connectivity index (χ2v) is 5.16. The quantitative estimate of drug-likeness (QED) is 0.807. The van der Waals surface area contributed by atoms with Crippen molar-refractivity contribution in [2.24, 2.45) is 0 Å². The molecular weight excluding hydrogens is 281 g/mol. The Kier molecular flexibility index (Phi) is 3.49. The summed E-state index contributed by atoms with van der Waals surface area (Å²) < 4.78 is 43.2. The van der Waals surface area contributed by atoms with Gasteiger partial charge >= 0.3 is 6.18 Å². The van der Waals surface area contributed by atoms with Gasteiger partial charge in [-0.1, -0.05) is 18.2 Å². The van der Waals surface area contributed by atoms with Gasteiger partial charge in [-0.2, -0.15) is 13.2 Å². The summed E-state index contributed by atoms with van der Waals surface area (Å²) in [7, 11) is 0. The molecule has 0 radical (unpaired) electrons. The smallest absolute Gasteiger partial charge is 0.365 e. The summed E-state index contributed by atoms with van der Waals surface area (Å²) in [6, 6.07) is 9.45. The molecule has 0 bridgehead atoms. The number of pyridine rings is 1. The predicted molar refractivity (Wildman–Crippen MR) is 74.5 cm³/mol. The van der Waals surface area contributed by atoms with Crippen LogP contribution in [0, 0.1) is 6.92 Å². The monoisotopic (exact) mass is 296 g/mol. The normalized spacial score (nSPS) is 20.0. The molecule has 2 heterocycles. The number of hydrogen-bond acceptors (Lipinski definition) is 3. The molecule has 0 spiro atoms. The number of benzene rings is 1. The number of fused-ring (bicyclic) bond motifs is 1. The summed E-state index contributed by atoms with van der Waals surface area (Å²) in [6.07, 6.45) is -6.09. The van der Waals surface area contributed by atoms with Gasteiger partial charge in [0.25, 0.3) is 0 Å². The summed E-state index contributed by atoms with van der Waals surface area (Å²) in [6.45, 7) is 2.19. The van der Waals surface area contributed by atoms with E-state index < -0.39 is 12.3 Å². The topological polar surface area (TPSA) is 25.4 Å². The Hall–Kier alpha value is -1.82. The number of hydrogen-bond donors (Lipinski definition) is 0. The van der Waals surface area contributed by atoms with Crippen molar-refractivity contribution in [3.8, 4) is 0 Å². The van der Waals surface area contributed by atoms with Crippen molar-refractivity contribution in [1.82, 2.24) is 4.98 Å². The maximum absolute atomic E-state index is 12.8. The maximum atomic E-state index is 12.8. The zero-order valence-corrected chi connectivity index (χ0v) is 11.5. The van der Waals surface area contributed by atoms with Crippen LogP contribution >= 0.6 is 0 Å². The number of halogens is 3. The van der Waals surface area contributed by atoms with Gasteiger partial charge in [-0.05, 0) is 24.6 Å². The van der Waals surface area contributed by atoms with E-state index in [1.165, 1.54) is 0 Å². The molecule has 0 N–H and O–H groups in total. The standard InChI is InChI=1S/C15H15F3N2O/c1-10-8-14(19-12-5-3-2-4-11(10)12)20-6-7-21-13(9-20)15(16,17)18/h2-5,8,13H,6-7,9H2,1H3/t13-/m0/s1. The lowest BCUT2D eigenvalue weighted by Crippen LogP contribution is -2.49. The Morgan fingerprint density at radius 1 is 1.29 bits per heavy atom. The molecule has 1 aliphatic rings. The first-order chi connectivity index (χ1) is 9.95. The van der Waals surface area contributed by atoms with Crippen molar-refractivity contribution >= 4 is 16.7 Å². The Balaban J connectivity index is 1.93. The van der Waals surface area contributed by atoms with Crippen molar-refractivity contribution in [2.45, 2.75) is 19.2 Å². The molecule has 0 amide bonds. The van der Waals surface area contributed by atoms with Gasteiger partial charge in [-0.3, -0.25) is 0 Å². The third-order valence-corrected chi connectivity index (χ3v) is 3.67. The van der Waals surface area contributed by atoms with Crippen LogP contribution in [0.1, 0.15) is 5.56 Å². The molecule has 1 saturated heterocycles. The summed E-state index contributed by atoms with van der Waals surface area (Å²) in [5.74, 6) is 0.573. The largest absolute Gasteiger partial charge is 0.416 e. The fraction of sp³-hybridized carbons (Fsp3) is 0.400. The van der Waals surface area contributed by atoms with Gasteiger partial charge in [0.15, 0.2) is 6.10 Å². The average molecular weight is 296 g/mol. The van der Waals surface area contributed by atoms with E-state index in [0.717, 1.165) is 16.5 Å². The summed E-state index contributed by atoms with van der Waals surface area (Å²) >= 11 is 0. The summed E-state index contributed by atoms with van der Waals surface area (Å²) in [4.78, 5) is 6.12. The van der Waals surface area contributed by atoms with Crippen LogP contribution in [-0.2, 0) is 4.74 Å². The third kappa shape index (κ3) is 2.81. The van der Waals surface area contributed by atoms with Crippen LogP contribution < -0.4 is 4.90 Å². The van der Waals surface area contributed by atoms with Gasteiger partial charge in [0.1, 0.15) is 5.82 Å². The molecule has 1 aliphatic heterocycles. The summed E-state index contributed by atoms with van der Waals surface area (Å²) in [5, 5.41) is 1.02. The van der Waals surface area contributed by atoms with Crippen molar-refractivity contribution in [3.63, 3.8) is 0 Å². The van der Waals surface area contributed by atoms with Gasteiger partial charge in [0.2, 0.25) is 0 Å². The number of alkyl halides is 3. The van der Waals surface area contributed by atoms with E-state index >= 15 is 0 Å². The zero-order chi connectivity index (χ0) is 15.0. The van der Waals surface area contributed by atoms with Crippen LogP contribution in [0.4, 0.5) is 19.0 Å². The number of aryl methyl sites for hydroxylation is 1. The molecule has 1 atom stereocenters. The van der Waals surface area contributed by atoms with E-state index in [1.807, 2.05) is 37.3 Å². The van der Waals surface area contributed by atoms with Gasteiger partial charge in [-0.25, -0.2) is 4.98 Å². The molecule has 1 fully saturated rings.